The number of nitrogens with one attached hydrogen (secondary N) is 1. The summed E-state index contributed by atoms with van der Waals surface area (Å²) in [6.07, 6.45) is 2.47. The standard InChI is InChI=1S/C25H25NO2/c27-24-18-10-17-23(26-24)19-28-25(20-11-4-1-5-12-20,21-13-6-2-7-14-21)22-15-8-3-9-16-22/h1-9,11-16,23H,10,17-19H2,(H,26,27)/t23-/m0/s1. The molecule has 4 rings (SSSR count). The molecule has 0 aromatic heterocycles. The molecule has 3 heteroatoms. The first-order valence-corrected chi connectivity index (χ1v) is 9.89. The van der Waals surface area contributed by atoms with Crippen LogP contribution in [0, 0.1) is 0 Å². The van der Waals surface area contributed by atoms with Gasteiger partial charge in [0, 0.05) is 6.42 Å². The molecule has 142 valence electrons. The van der Waals surface area contributed by atoms with Crippen LogP contribution in [-0.4, -0.2) is 18.6 Å². The van der Waals surface area contributed by atoms with Crippen molar-refractivity contribution in [3.8, 4) is 0 Å². The Labute approximate surface area is 166 Å². The highest BCUT2D eigenvalue weighted by Gasteiger charge is 2.38. The van der Waals surface area contributed by atoms with E-state index in [1.54, 1.807) is 0 Å². The lowest BCUT2D eigenvalue weighted by Crippen LogP contribution is -2.44. The maximum Gasteiger partial charge on any atom is 0.220 e. The summed E-state index contributed by atoms with van der Waals surface area (Å²) in [5, 5.41) is 3.08. The van der Waals surface area contributed by atoms with Gasteiger partial charge in [-0.1, -0.05) is 91.0 Å². The van der Waals surface area contributed by atoms with Crippen LogP contribution in [0.15, 0.2) is 91.0 Å². The van der Waals surface area contributed by atoms with Gasteiger partial charge in [-0.25, -0.2) is 0 Å². The molecule has 3 aromatic rings. The molecule has 0 saturated carbocycles. The smallest absolute Gasteiger partial charge is 0.220 e. The second kappa shape index (κ2) is 8.41. The molecule has 0 radical (unpaired) electrons. The van der Waals surface area contributed by atoms with Crippen molar-refractivity contribution in [1.82, 2.24) is 5.32 Å². The summed E-state index contributed by atoms with van der Waals surface area (Å²) in [5.74, 6) is 0.115. The predicted octanol–water partition coefficient (Wildman–Crippen LogP) is 4.66. The van der Waals surface area contributed by atoms with E-state index in [9.17, 15) is 4.79 Å². The average Bonchev–Trinajstić information content (AvgIpc) is 2.77. The molecule has 1 aliphatic rings. The Morgan fingerprint density at radius 2 is 1.25 bits per heavy atom. The van der Waals surface area contributed by atoms with Crippen molar-refractivity contribution < 1.29 is 9.53 Å². The summed E-state index contributed by atoms with van der Waals surface area (Å²) >= 11 is 0. The lowest BCUT2D eigenvalue weighted by molar-refractivity contribution is -0.124. The van der Waals surface area contributed by atoms with Crippen molar-refractivity contribution in [3.63, 3.8) is 0 Å². The summed E-state index contributed by atoms with van der Waals surface area (Å²) in [7, 11) is 0. The number of hydrogen-bond donors (Lipinski definition) is 1. The normalized spacial score (nSPS) is 17.1. The molecule has 3 nitrogen and oxygen atoms in total. The fourth-order valence-corrected chi connectivity index (χ4v) is 4.00. The number of hydrogen-bond acceptors (Lipinski definition) is 2. The van der Waals surface area contributed by atoms with Crippen molar-refractivity contribution in [2.24, 2.45) is 0 Å². The van der Waals surface area contributed by atoms with Crippen molar-refractivity contribution in [2.45, 2.75) is 30.9 Å². The van der Waals surface area contributed by atoms with Crippen LogP contribution >= 0.6 is 0 Å². The van der Waals surface area contributed by atoms with Gasteiger partial charge in [0.05, 0.1) is 12.6 Å². The SMILES string of the molecule is O=C1CCC[C@@H](COC(c2ccccc2)(c2ccccc2)c2ccccc2)N1. The van der Waals surface area contributed by atoms with Crippen molar-refractivity contribution in [3.05, 3.63) is 108 Å². The van der Waals surface area contributed by atoms with E-state index in [4.69, 9.17) is 4.74 Å². The Morgan fingerprint density at radius 1 is 0.786 bits per heavy atom. The monoisotopic (exact) mass is 371 g/mol. The van der Waals surface area contributed by atoms with Crippen LogP contribution in [-0.2, 0) is 15.1 Å². The summed E-state index contributed by atoms with van der Waals surface area (Å²) in [6, 6.07) is 31.0. The summed E-state index contributed by atoms with van der Waals surface area (Å²) in [6.45, 7) is 0.463. The number of carbonyl (C=O) groups excluding carboxylic acids is 1. The first-order valence-electron chi connectivity index (χ1n) is 9.89. The molecule has 1 saturated heterocycles. The van der Waals surface area contributed by atoms with Gasteiger partial charge >= 0.3 is 0 Å². The Hall–Kier alpha value is -2.91. The van der Waals surface area contributed by atoms with E-state index >= 15 is 0 Å². The van der Waals surface area contributed by atoms with Gasteiger partial charge in [0.25, 0.3) is 0 Å². The Bertz CT molecular complexity index is 797. The van der Waals surface area contributed by atoms with Gasteiger partial charge in [0.15, 0.2) is 0 Å². The molecule has 1 fully saturated rings. The molecule has 28 heavy (non-hydrogen) atoms. The molecule has 3 aromatic carbocycles. The largest absolute Gasteiger partial charge is 0.359 e. The van der Waals surface area contributed by atoms with Crippen LogP contribution in [0.25, 0.3) is 0 Å². The second-order valence-corrected chi connectivity index (χ2v) is 7.25. The van der Waals surface area contributed by atoms with E-state index in [0.717, 1.165) is 29.5 Å². The minimum atomic E-state index is -0.730. The van der Waals surface area contributed by atoms with Crippen LogP contribution in [0.5, 0.6) is 0 Å². The maximum atomic E-state index is 11.8. The molecule has 0 unspecified atom stereocenters. The van der Waals surface area contributed by atoms with Crippen LogP contribution in [0.3, 0.4) is 0 Å². The van der Waals surface area contributed by atoms with Crippen LogP contribution in [0.4, 0.5) is 0 Å². The fraction of sp³-hybridized carbons (Fsp3) is 0.240. The molecule has 0 aliphatic carbocycles. The van der Waals surface area contributed by atoms with E-state index in [-0.39, 0.29) is 11.9 Å². The third kappa shape index (κ3) is 3.71. The molecular weight excluding hydrogens is 346 g/mol. The molecule has 0 bridgehead atoms. The summed E-state index contributed by atoms with van der Waals surface area (Å²) in [5.41, 5.74) is 2.50. The molecule has 1 aliphatic heterocycles. The number of amides is 1. The lowest BCUT2D eigenvalue weighted by atomic mass is 9.80. The van der Waals surface area contributed by atoms with Crippen molar-refractivity contribution >= 4 is 5.91 Å². The number of ether oxygens (including phenoxy) is 1. The van der Waals surface area contributed by atoms with E-state index in [2.05, 4.69) is 41.7 Å². The third-order valence-corrected chi connectivity index (χ3v) is 5.36. The fourth-order valence-electron chi connectivity index (χ4n) is 4.00. The van der Waals surface area contributed by atoms with Gasteiger partial charge in [-0.3, -0.25) is 4.79 Å². The molecular formula is C25H25NO2. The zero-order chi connectivity index (χ0) is 19.2. The van der Waals surface area contributed by atoms with Crippen molar-refractivity contribution in [1.29, 1.82) is 0 Å². The number of carbonyl (C=O) groups is 1. The topological polar surface area (TPSA) is 38.3 Å². The van der Waals surface area contributed by atoms with Gasteiger partial charge in [-0.05, 0) is 29.5 Å². The maximum absolute atomic E-state index is 11.8. The Morgan fingerprint density at radius 3 is 1.68 bits per heavy atom. The molecule has 1 atom stereocenters. The predicted molar refractivity (Wildman–Crippen MR) is 111 cm³/mol. The molecule has 1 amide bonds. The van der Waals surface area contributed by atoms with Gasteiger partial charge in [0.1, 0.15) is 5.60 Å². The van der Waals surface area contributed by atoms with Gasteiger partial charge in [0.2, 0.25) is 5.91 Å². The third-order valence-electron chi connectivity index (χ3n) is 5.36. The van der Waals surface area contributed by atoms with Crippen LogP contribution < -0.4 is 5.32 Å². The number of piperidine rings is 1. The molecule has 1 heterocycles. The highest BCUT2D eigenvalue weighted by atomic mass is 16.5. The van der Waals surface area contributed by atoms with E-state index < -0.39 is 5.60 Å². The zero-order valence-corrected chi connectivity index (χ0v) is 15.9. The van der Waals surface area contributed by atoms with Gasteiger partial charge in [-0.2, -0.15) is 0 Å². The quantitative estimate of drug-likeness (QED) is 0.640. The van der Waals surface area contributed by atoms with Crippen LogP contribution in [0.2, 0.25) is 0 Å². The first-order chi connectivity index (χ1) is 13.8. The minimum Gasteiger partial charge on any atom is -0.359 e. The highest BCUT2D eigenvalue weighted by Crippen LogP contribution is 2.40. The van der Waals surface area contributed by atoms with E-state index in [0.29, 0.717) is 13.0 Å². The summed E-state index contributed by atoms with van der Waals surface area (Å²) < 4.78 is 6.76. The lowest BCUT2D eigenvalue weighted by Gasteiger charge is -2.37. The number of benzene rings is 3. The van der Waals surface area contributed by atoms with E-state index in [1.807, 2.05) is 54.6 Å². The average molecular weight is 371 g/mol. The highest BCUT2D eigenvalue weighted by molar-refractivity contribution is 5.76. The summed E-state index contributed by atoms with van der Waals surface area (Å²) in [4.78, 5) is 11.8. The van der Waals surface area contributed by atoms with Crippen molar-refractivity contribution in [2.75, 3.05) is 6.61 Å². The first kappa shape index (κ1) is 18.5. The Kier molecular flexibility index (Phi) is 5.54. The Balaban J connectivity index is 1.80. The zero-order valence-electron chi connectivity index (χ0n) is 15.9. The molecule has 0 spiro atoms. The second-order valence-electron chi connectivity index (χ2n) is 7.25. The minimum absolute atomic E-state index is 0.0387. The molecule has 1 N–H and O–H groups in total. The number of rotatable bonds is 6. The van der Waals surface area contributed by atoms with E-state index in [1.165, 1.54) is 0 Å². The van der Waals surface area contributed by atoms with Gasteiger partial charge < -0.3 is 10.1 Å². The van der Waals surface area contributed by atoms with Gasteiger partial charge in [-0.15, -0.1) is 0 Å². The van der Waals surface area contributed by atoms with Crippen LogP contribution in [0.1, 0.15) is 36.0 Å².